The molecule has 3 aromatic rings. The van der Waals surface area contributed by atoms with Crippen LogP contribution in [0.5, 0.6) is 11.5 Å². The lowest BCUT2D eigenvalue weighted by atomic mass is 9.97. The van der Waals surface area contributed by atoms with Gasteiger partial charge < -0.3 is 14.4 Å². The number of halogens is 3. The van der Waals surface area contributed by atoms with Gasteiger partial charge in [0.2, 0.25) is 0 Å². The van der Waals surface area contributed by atoms with Crippen molar-refractivity contribution >= 4 is 11.7 Å². The van der Waals surface area contributed by atoms with Gasteiger partial charge in [0.1, 0.15) is 5.82 Å². The molecule has 0 aromatic heterocycles. The first-order chi connectivity index (χ1) is 15.3. The Morgan fingerprint density at radius 1 is 0.938 bits per heavy atom. The zero-order valence-corrected chi connectivity index (χ0v) is 17.3. The number of benzene rings is 3. The van der Waals surface area contributed by atoms with Crippen molar-refractivity contribution in [3.05, 3.63) is 94.8 Å². The molecule has 166 valence electrons. The molecule has 32 heavy (non-hydrogen) atoms. The summed E-state index contributed by atoms with van der Waals surface area (Å²) in [6, 6.07) is 15.8. The second kappa shape index (κ2) is 10.00. The van der Waals surface area contributed by atoms with Crippen LogP contribution < -0.4 is 9.47 Å². The van der Waals surface area contributed by atoms with E-state index >= 15 is 0 Å². The lowest BCUT2D eigenvalue weighted by molar-refractivity contribution is -0.0512. The molecule has 1 amide bonds. The largest absolute Gasteiger partial charge is 0.493 e. The minimum absolute atomic E-state index is 0.107. The van der Waals surface area contributed by atoms with E-state index in [0.29, 0.717) is 5.56 Å². The average Bonchev–Trinajstić information content (AvgIpc) is 2.79. The Labute approximate surface area is 183 Å². The Bertz CT molecular complexity index is 1120. The Hall–Kier alpha value is -3.81. The molecule has 0 atom stereocenters. The van der Waals surface area contributed by atoms with E-state index in [4.69, 9.17) is 4.74 Å². The lowest BCUT2D eigenvalue weighted by Crippen LogP contribution is -2.28. The van der Waals surface area contributed by atoms with Crippen molar-refractivity contribution in [1.82, 2.24) is 4.90 Å². The third kappa shape index (κ3) is 5.26. The molecule has 0 N–H and O–H groups in total. The molecule has 8 heteroatoms. The summed E-state index contributed by atoms with van der Waals surface area (Å²) < 4.78 is 47.7. The number of hydrogen-bond acceptors (Lipinski definition) is 4. The highest BCUT2D eigenvalue weighted by molar-refractivity contribution is 6.15. The second-order valence-corrected chi connectivity index (χ2v) is 6.91. The summed E-state index contributed by atoms with van der Waals surface area (Å²) in [7, 11) is 2.88. The van der Waals surface area contributed by atoms with Gasteiger partial charge in [-0.3, -0.25) is 9.59 Å². The molecule has 0 saturated heterocycles. The van der Waals surface area contributed by atoms with Crippen LogP contribution in [0, 0.1) is 5.82 Å². The molecule has 0 saturated carbocycles. The van der Waals surface area contributed by atoms with Gasteiger partial charge in [-0.1, -0.05) is 24.3 Å². The Kier molecular flexibility index (Phi) is 7.14. The molecule has 0 radical (unpaired) electrons. The van der Waals surface area contributed by atoms with Gasteiger partial charge >= 0.3 is 6.61 Å². The van der Waals surface area contributed by atoms with Crippen molar-refractivity contribution in [2.45, 2.75) is 13.2 Å². The predicted octanol–water partition coefficient (Wildman–Crippen LogP) is 4.94. The minimum Gasteiger partial charge on any atom is -0.493 e. The van der Waals surface area contributed by atoms with Gasteiger partial charge in [0.05, 0.1) is 12.7 Å². The van der Waals surface area contributed by atoms with Crippen molar-refractivity contribution in [3.8, 4) is 11.5 Å². The maximum atomic E-state index is 13.2. The molecule has 3 rings (SSSR count). The molecular formula is C24H20F3NO4. The first-order valence-electron chi connectivity index (χ1n) is 9.56. The van der Waals surface area contributed by atoms with Crippen LogP contribution in [0.4, 0.5) is 13.2 Å². The van der Waals surface area contributed by atoms with Gasteiger partial charge in [-0.05, 0) is 48.0 Å². The van der Waals surface area contributed by atoms with E-state index in [9.17, 15) is 22.8 Å². The number of rotatable bonds is 8. The molecule has 0 aliphatic carbocycles. The third-order valence-corrected chi connectivity index (χ3v) is 4.72. The molecule has 0 bridgehead atoms. The smallest absolute Gasteiger partial charge is 0.387 e. The Morgan fingerprint density at radius 3 is 2.22 bits per heavy atom. The fraction of sp³-hybridized carbons (Fsp3) is 0.167. The van der Waals surface area contributed by atoms with Gasteiger partial charge in [0, 0.05) is 24.7 Å². The highest BCUT2D eigenvalue weighted by Crippen LogP contribution is 2.30. The first-order valence-corrected chi connectivity index (χ1v) is 9.56. The van der Waals surface area contributed by atoms with E-state index in [0.717, 1.165) is 0 Å². The highest BCUT2D eigenvalue weighted by atomic mass is 19.3. The molecule has 0 unspecified atom stereocenters. The Balaban J connectivity index is 1.82. The van der Waals surface area contributed by atoms with E-state index < -0.39 is 24.1 Å². The van der Waals surface area contributed by atoms with E-state index in [1.807, 2.05) is 0 Å². The zero-order valence-electron chi connectivity index (χ0n) is 17.3. The monoisotopic (exact) mass is 443 g/mol. The van der Waals surface area contributed by atoms with Crippen molar-refractivity contribution in [2.75, 3.05) is 14.2 Å². The quantitative estimate of drug-likeness (QED) is 0.463. The maximum absolute atomic E-state index is 13.2. The topological polar surface area (TPSA) is 55.8 Å². The normalized spacial score (nSPS) is 10.7. The number of carbonyl (C=O) groups excluding carboxylic acids is 2. The third-order valence-electron chi connectivity index (χ3n) is 4.72. The van der Waals surface area contributed by atoms with E-state index in [1.165, 1.54) is 60.5 Å². The fourth-order valence-electron chi connectivity index (χ4n) is 3.18. The van der Waals surface area contributed by atoms with Crippen LogP contribution in [-0.4, -0.2) is 37.4 Å². The summed E-state index contributed by atoms with van der Waals surface area (Å²) in [6.07, 6.45) is 0. The summed E-state index contributed by atoms with van der Waals surface area (Å²) in [5.74, 6) is -1.29. The number of nitrogens with zero attached hydrogens (tertiary/aromatic N) is 1. The van der Waals surface area contributed by atoms with Crippen LogP contribution >= 0.6 is 0 Å². The molecule has 0 aliphatic rings. The highest BCUT2D eigenvalue weighted by Gasteiger charge is 2.21. The van der Waals surface area contributed by atoms with Crippen molar-refractivity contribution in [1.29, 1.82) is 0 Å². The molecule has 3 aromatic carbocycles. The van der Waals surface area contributed by atoms with Crippen LogP contribution in [0.3, 0.4) is 0 Å². The number of ether oxygens (including phenoxy) is 2. The SMILES string of the molecule is COc1cc(CN(C)C(=O)c2ccccc2C(=O)c2ccc(F)cc2)ccc1OC(F)F. The minimum atomic E-state index is -2.99. The second-order valence-electron chi connectivity index (χ2n) is 6.91. The van der Waals surface area contributed by atoms with E-state index in [2.05, 4.69) is 4.74 Å². The van der Waals surface area contributed by atoms with Crippen molar-refractivity contribution in [2.24, 2.45) is 0 Å². The van der Waals surface area contributed by atoms with Crippen LogP contribution in [0.25, 0.3) is 0 Å². The molecular weight excluding hydrogens is 423 g/mol. The zero-order chi connectivity index (χ0) is 23.3. The van der Waals surface area contributed by atoms with E-state index in [-0.39, 0.29) is 34.7 Å². The summed E-state index contributed by atoms with van der Waals surface area (Å²) >= 11 is 0. The summed E-state index contributed by atoms with van der Waals surface area (Å²) in [4.78, 5) is 27.4. The predicted molar refractivity (Wildman–Crippen MR) is 112 cm³/mol. The Morgan fingerprint density at radius 2 is 1.59 bits per heavy atom. The van der Waals surface area contributed by atoms with Gasteiger partial charge in [0.15, 0.2) is 17.3 Å². The van der Waals surface area contributed by atoms with E-state index in [1.54, 1.807) is 25.2 Å². The standard InChI is InChI=1S/C24H20F3NO4/c1-28(14-15-7-12-20(32-24(26)27)21(13-15)31-2)23(30)19-6-4-3-5-18(19)22(29)16-8-10-17(25)11-9-16/h3-13,24H,14H2,1-2H3. The fourth-order valence-corrected chi connectivity index (χ4v) is 3.18. The molecule has 0 spiro atoms. The number of amides is 1. The van der Waals surface area contributed by atoms with Gasteiger partial charge in [-0.25, -0.2) is 4.39 Å². The van der Waals surface area contributed by atoms with Crippen molar-refractivity contribution in [3.63, 3.8) is 0 Å². The number of methoxy groups -OCH3 is 1. The van der Waals surface area contributed by atoms with Gasteiger partial charge in [-0.2, -0.15) is 8.78 Å². The van der Waals surface area contributed by atoms with Crippen molar-refractivity contribution < 1.29 is 32.2 Å². The number of hydrogen-bond donors (Lipinski definition) is 0. The van der Waals surface area contributed by atoms with Gasteiger partial charge in [0.25, 0.3) is 5.91 Å². The molecule has 0 aliphatic heterocycles. The van der Waals surface area contributed by atoms with Crippen LogP contribution in [0.2, 0.25) is 0 Å². The molecule has 0 fully saturated rings. The summed E-state index contributed by atoms with van der Waals surface area (Å²) in [5, 5.41) is 0. The number of alkyl halides is 2. The number of ketones is 1. The maximum Gasteiger partial charge on any atom is 0.387 e. The summed E-state index contributed by atoms with van der Waals surface area (Å²) in [6.45, 7) is -2.86. The first kappa shape index (κ1) is 22.9. The molecule has 5 nitrogen and oxygen atoms in total. The van der Waals surface area contributed by atoms with Crippen LogP contribution in [0.15, 0.2) is 66.7 Å². The number of carbonyl (C=O) groups is 2. The molecule has 0 heterocycles. The average molecular weight is 443 g/mol. The van der Waals surface area contributed by atoms with Crippen LogP contribution in [0.1, 0.15) is 31.8 Å². The van der Waals surface area contributed by atoms with Crippen LogP contribution in [-0.2, 0) is 6.54 Å². The lowest BCUT2D eigenvalue weighted by Gasteiger charge is -2.20. The van der Waals surface area contributed by atoms with Gasteiger partial charge in [-0.15, -0.1) is 0 Å². The summed E-state index contributed by atoms with van der Waals surface area (Å²) in [5.41, 5.74) is 1.25.